The zero-order valence-corrected chi connectivity index (χ0v) is 28.2. The summed E-state index contributed by atoms with van der Waals surface area (Å²) in [7, 11) is 0. The monoisotopic (exact) mass is 645 g/mol. The maximum atomic E-state index is 11.5. The van der Waals surface area contributed by atoms with Crippen LogP contribution in [0.4, 0.5) is 21.0 Å². The molecule has 0 bridgehead atoms. The molecule has 2 aromatic heterocycles. The topological polar surface area (TPSA) is 153 Å². The molecule has 0 saturated carbocycles. The van der Waals surface area contributed by atoms with Crippen molar-refractivity contribution >= 4 is 52.4 Å². The summed E-state index contributed by atoms with van der Waals surface area (Å²) in [6.07, 6.45) is 4.36. The molecule has 1 aliphatic heterocycles. The van der Waals surface area contributed by atoms with E-state index < -0.39 is 23.4 Å². The zero-order chi connectivity index (χ0) is 28.8. The molecule has 2 amide bonds. The summed E-state index contributed by atoms with van der Waals surface area (Å²) in [6, 6.07) is 8.05. The quantitative estimate of drug-likeness (QED) is 0.291. The Kier molecular flexibility index (Phi) is 21.8. The van der Waals surface area contributed by atoms with Gasteiger partial charge in [0.2, 0.25) is 0 Å². The van der Waals surface area contributed by atoms with E-state index in [1.807, 2.05) is 6.07 Å². The molecule has 0 radical (unpaired) electrons. The van der Waals surface area contributed by atoms with Gasteiger partial charge in [-0.25, -0.2) is 14.6 Å². The number of nitrogens with zero attached hydrogens (tertiary/aromatic N) is 3. The minimum atomic E-state index is -0.557. The van der Waals surface area contributed by atoms with Gasteiger partial charge in [-0.05, 0) is 78.6 Å². The molecule has 0 unspecified atom stereocenters. The van der Waals surface area contributed by atoms with Gasteiger partial charge in [0.05, 0.1) is 0 Å². The number of ether oxygens (including phenoxy) is 3. The summed E-state index contributed by atoms with van der Waals surface area (Å²) in [5.41, 5.74) is 0.419. The molecule has 3 heterocycles. The number of rotatable bonds is 3. The van der Waals surface area contributed by atoms with Crippen LogP contribution in [0.15, 0.2) is 36.7 Å². The number of amides is 2. The summed E-state index contributed by atoms with van der Waals surface area (Å²) in [5, 5.41) is 13.7. The molecule has 3 rings (SSSR count). The molecule has 2 aromatic rings. The molecule has 0 spiro atoms. The van der Waals surface area contributed by atoms with Crippen molar-refractivity contribution in [3.05, 3.63) is 55.5 Å². The smallest absolute Gasteiger partial charge is 1.00 e. The number of nitrogens with one attached hydrogen (secondary N) is 2. The number of halogens is 1. The second kappa shape index (κ2) is 21.0. The minimum Gasteiger partial charge on any atom is -1.00 e. The normalized spacial score (nSPS) is 11.5. The zero-order valence-electron chi connectivity index (χ0n) is 25.2. The van der Waals surface area contributed by atoms with Gasteiger partial charge in [-0.1, -0.05) is 0 Å². The van der Waals surface area contributed by atoms with E-state index in [0.29, 0.717) is 17.1 Å². The van der Waals surface area contributed by atoms with Gasteiger partial charge in [0.1, 0.15) is 28.7 Å². The van der Waals surface area contributed by atoms with Crippen molar-refractivity contribution in [1.29, 1.82) is 5.26 Å². The predicted octanol–water partition coefficient (Wildman–Crippen LogP) is 2.80. The van der Waals surface area contributed by atoms with E-state index in [0.717, 1.165) is 13.2 Å². The van der Waals surface area contributed by atoms with Crippen LogP contribution in [0.25, 0.3) is 0 Å². The number of anilines is 2. The Morgan fingerprint density at radius 1 is 0.878 bits per heavy atom. The molecular formula is C28H40BrMgN5O6. The van der Waals surface area contributed by atoms with Crippen LogP contribution in [0.5, 0.6) is 0 Å². The van der Waals surface area contributed by atoms with Crippen molar-refractivity contribution < 1.29 is 45.6 Å². The first kappa shape index (κ1) is 42.7. The molecule has 2 N–H and O–H groups in total. The number of pyridine rings is 2. The van der Waals surface area contributed by atoms with E-state index in [1.165, 1.54) is 44.3 Å². The molecule has 1 saturated heterocycles. The summed E-state index contributed by atoms with van der Waals surface area (Å²) in [4.78, 5) is 41.6. The van der Waals surface area contributed by atoms with E-state index in [2.05, 4.69) is 20.6 Å². The average molecular weight is 647 g/mol. The first-order valence-corrected chi connectivity index (χ1v) is 12.1. The maximum absolute atomic E-state index is 11.5. The van der Waals surface area contributed by atoms with Gasteiger partial charge in [0, 0.05) is 43.9 Å². The van der Waals surface area contributed by atoms with Crippen LogP contribution in [-0.4, -0.2) is 75.4 Å². The van der Waals surface area contributed by atoms with Gasteiger partial charge in [-0.15, -0.1) is 0 Å². The number of Topliss-reactive ketones (excluding diaryl/α,β-unsaturated/α-hetero) is 1. The third-order valence-corrected chi connectivity index (χ3v) is 4.11. The van der Waals surface area contributed by atoms with Gasteiger partial charge in [0.25, 0.3) is 0 Å². The Hall–Kier alpha value is -2.79. The average Bonchev–Trinajstić information content (AvgIpc) is 3.37. The number of aromatic nitrogens is 2. The molecule has 222 valence electrons. The number of nitriles is 1. The van der Waals surface area contributed by atoms with Gasteiger partial charge in [-0.2, -0.15) is 5.26 Å². The summed E-state index contributed by atoms with van der Waals surface area (Å²) >= 11 is 0. The molecule has 13 heteroatoms. The Bertz CT molecular complexity index is 1120. The SMILES string of the molecule is C1CCOC1.CC(=O)c1cc(NC(=O)OC(C)(C)C)ccn1.CC(C)(C)OC(=O)Nc1ccnc(C#N)c1.[Br-].[CH3-].[Mg+2]. The predicted molar refractivity (Wildman–Crippen MR) is 155 cm³/mol. The first-order chi connectivity index (χ1) is 17.7. The fraction of sp³-hybridized carbons (Fsp3) is 0.464. The largest absolute Gasteiger partial charge is 2.00 e. The second-order valence-electron chi connectivity index (χ2n) is 10.1. The van der Waals surface area contributed by atoms with Gasteiger partial charge in [-0.3, -0.25) is 20.4 Å². The van der Waals surface area contributed by atoms with Crippen LogP contribution in [0.2, 0.25) is 0 Å². The van der Waals surface area contributed by atoms with Crippen molar-refractivity contribution in [2.45, 2.75) is 72.5 Å². The Morgan fingerprint density at radius 3 is 1.68 bits per heavy atom. The molecule has 0 aliphatic carbocycles. The number of carbonyl (C=O) groups excluding carboxylic acids is 3. The van der Waals surface area contributed by atoms with Crippen LogP contribution in [-0.2, 0) is 14.2 Å². The summed E-state index contributed by atoms with van der Waals surface area (Å²) < 4.78 is 15.1. The van der Waals surface area contributed by atoms with Crippen molar-refractivity contribution in [2.75, 3.05) is 23.8 Å². The molecule has 1 aliphatic rings. The molecule has 0 atom stereocenters. The first-order valence-electron chi connectivity index (χ1n) is 12.1. The molecule has 1 fully saturated rings. The Labute approximate surface area is 270 Å². The van der Waals surface area contributed by atoms with Crippen molar-refractivity contribution in [3.8, 4) is 6.07 Å². The fourth-order valence-corrected chi connectivity index (χ4v) is 2.62. The summed E-state index contributed by atoms with van der Waals surface area (Å²) in [6.45, 7) is 14.1. The van der Waals surface area contributed by atoms with Crippen molar-refractivity contribution in [2.24, 2.45) is 0 Å². The minimum absolute atomic E-state index is 0. The third kappa shape index (κ3) is 21.6. The van der Waals surface area contributed by atoms with E-state index in [1.54, 1.807) is 53.7 Å². The van der Waals surface area contributed by atoms with Crippen molar-refractivity contribution in [1.82, 2.24) is 9.97 Å². The Balaban J connectivity index is -0.000000565. The number of carbonyl (C=O) groups is 3. The van der Waals surface area contributed by atoms with E-state index in [4.69, 9.17) is 19.5 Å². The van der Waals surface area contributed by atoms with Crippen LogP contribution < -0.4 is 27.6 Å². The molecule has 11 nitrogen and oxygen atoms in total. The van der Waals surface area contributed by atoms with Crippen LogP contribution in [0.1, 0.15) is 77.5 Å². The standard InChI is InChI=1S/C12H16N2O3.C11H13N3O2.C4H8O.CH3.BrH.Mg/c1-8(15)10-7-9(5-6-13-10)14-11(16)17-12(2,3)4;1-11(2,3)16-10(15)14-8-4-5-13-9(6-8)7-12;1-2-4-5-3-1;;;/h5-7H,1-4H3,(H,13,14,16);4-6H,1-3H3,(H,13,14,15);1-4H2;1H3;1H;/q;;;-1;;+2/p-1. The fourth-order valence-electron chi connectivity index (χ4n) is 2.62. The Morgan fingerprint density at radius 2 is 1.32 bits per heavy atom. The van der Waals surface area contributed by atoms with Crippen LogP contribution >= 0.6 is 0 Å². The molecular weight excluding hydrogens is 607 g/mol. The summed E-state index contributed by atoms with van der Waals surface area (Å²) in [5.74, 6) is -0.155. The van der Waals surface area contributed by atoms with Crippen LogP contribution in [0, 0.1) is 18.8 Å². The number of hydrogen-bond donors (Lipinski definition) is 2. The maximum Gasteiger partial charge on any atom is 2.00 e. The van der Waals surface area contributed by atoms with Crippen LogP contribution in [0.3, 0.4) is 0 Å². The second-order valence-corrected chi connectivity index (χ2v) is 10.1. The van der Waals surface area contributed by atoms with Gasteiger partial charge in [0.15, 0.2) is 5.78 Å². The van der Waals surface area contributed by atoms with Gasteiger partial charge < -0.3 is 38.6 Å². The molecule has 0 aromatic carbocycles. The number of ketones is 1. The van der Waals surface area contributed by atoms with Crippen molar-refractivity contribution in [3.63, 3.8) is 0 Å². The van der Waals surface area contributed by atoms with E-state index >= 15 is 0 Å². The van der Waals surface area contributed by atoms with E-state index in [-0.39, 0.29) is 58.9 Å². The molecule has 41 heavy (non-hydrogen) atoms. The number of hydrogen-bond acceptors (Lipinski definition) is 9. The van der Waals surface area contributed by atoms with Gasteiger partial charge >= 0.3 is 35.2 Å². The van der Waals surface area contributed by atoms with E-state index in [9.17, 15) is 14.4 Å². The third-order valence-electron chi connectivity index (χ3n) is 4.11.